The molecule has 0 aliphatic carbocycles. The number of anilines is 2. The number of carbonyl (C=O) groups is 2. The van der Waals surface area contributed by atoms with Gasteiger partial charge < -0.3 is 30.2 Å². The van der Waals surface area contributed by atoms with Crippen LogP contribution in [0.25, 0.3) is 22.3 Å². The molecule has 384 valence electrons. The largest absolute Gasteiger partial charge is 0.355 e. The van der Waals surface area contributed by atoms with Crippen LogP contribution in [-0.2, 0) is 9.59 Å². The van der Waals surface area contributed by atoms with E-state index in [1.165, 1.54) is 25.7 Å². The van der Waals surface area contributed by atoms with Gasteiger partial charge in [0.1, 0.15) is 22.7 Å². The van der Waals surface area contributed by atoms with Crippen molar-refractivity contribution in [3.05, 3.63) is 91.4 Å². The van der Waals surface area contributed by atoms with Crippen molar-refractivity contribution in [3.63, 3.8) is 0 Å². The standard InChI is InChI=1S/2C26H33Cl2N7O/c2*1-16-25-26(35(32-16)17(2)22-7-6-21(27)11-23(22)28)31-24(12-30-25)34-14-20(15-34)19-5-4-9-33(13-19)10-8-29-18(3)36/h2*6-7,11-12,17,19-20H,4-5,8-10,13-15H2,1-3H3,(H,29,36)/t17-,19+;17-,19-/m11/s1. The van der Waals surface area contributed by atoms with Gasteiger partial charge in [0.25, 0.3) is 0 Å². The highest BCUT2D eigenvalue weighted by atomic mass is 35.5. The number of halogens is 4. The molecule has 4 fully saturated rings. The Morgan fingerprint density at radius 2 is 1.01 bits per heavy atom. The van der Waals surface area contributed by atoms with Crippen LogP contribution in [0.2, 0.25) is 20.1 Å². The maximum atomic E-state index is 11.2. The Morgan fingerprint density at radius 3 is 1.39 bits per heavy atom. The number of nitrogens with zero attached hydrogens (tertiary/aromatic N) is 12. The molecule has 4 aliphatic rings. The summed E-state index contributed by atoms with van der Waals surface area (Å²) in [6.45, 7) is 22.9. The number of piperidine rings is 2. The predicted octanol–water partition coefficient (Wildman–Crippen LogP) is 8.67. The number of rotatable bonds is 14. The predicted molar refractivity (Wildman–Crippen MR) is 288 cm³/mol. The number of amides is 2. The second kappa shape index (κ2) is 22.7. The van der Waals surface area contributed by atoms with E-state index in [0.717, 1.165) is 135 Å². The molecular weight excluding hydrogens is 994 g/mol. The van der Waals surface area contributed by atoms with Gasteiger partial charge >= 0.3 is 0 Å². The van der Waals surface area contributed by atoms with E-state index in [4.69, 9.17) is 76.5 Å². The Balaban J connectivity index is 0.000000178. The summed E-state index contributed by atoms with van der Waals surface area (Å²) in [6.07, 6.45) is 8.72. The van der Waals surface area contributed by atoms with Crippen molar-refractivity contribution < 1.29 is 9.59 Å². The number of hydrogen-bond donors (Lipinski definition) is 2. The third-order valence-corrected chi connectivity index (χ3v) is 16.3. The monoisotopic (exact) mass is 1060 g/mol. The molecule has 4 atom stereocenters. The average Bonchev–Trinajstić information content (AvgIpc) is 3.83. The highest BCUT2D eigenvalue weighted by Gasteiger charge is 2.38. The lowest BCUT2D eigenvalue weighted by molar-refractivity contribution is -0.119. The van der Waals surface area contributed by atoms with Crippen LogP contribution in [0, 0.1) is 37.5 Å². The molecule has 8 heterocycles. The molecule has 4 aromatic heterocycles. The minimum Gasteiger partial charge on any atom is -0.355 e. The van der Waals surface area contributed by atoms with Crippen LogP contribution in [0.4, 0.5) is 11.6 Å². The molecule has 72 heavy (non-hydrogen) atoms. The highest BCUT2D eigenvalue weighted by Crippen LogP contribution is 2.37. The molecule has 6 aromatic rings. The molecule has 2 N–H and O–H groups in total. The smallest absolute Gasteiger partial charge is 0.216 e. The molecule has 2 amide bonds. The van der Waals surface area contributed by atoms with E-state index >= 15 is 0 Å². The Kier molecular flexibility index (Phi) is 16.4. The zero-order valence-corrected chi connectivity index (χ0v) is 45.1. The lowest BCUT2D eigenvalue weighted by Gasteiger charge is -2.47. The zero-order chi connectivity index (χ0) is 50.8. The van der Waals surface area contributed by atoms with Crippen molar-refractivity contribution in [2.24, 2.45) is 23.7 Å². The van der Waals surface area contributed by atoms with Gasteiger partial charge in [0.15, 0.2) is 11.3 Å². The molecule has 20 heteroatoms. The number of aryl methyl sites for hydroxylation is 2. The van der Waals surface area contributed by atoms with Gasteiger partial charge in [-0.1, -0.05) is 58.5 Å². The summed E-state index contributed by atoms with van der Waals surface area (Å²) >= 11 is 25.2. The normalized spacial score (nSPS) is 19.9. The van der Waals surface area contributed by atoms with Gasteiger partial charge in [-0.05, 0) is 126 Å². The molecule has 16 nitrogen and oxygen atoms in total. The number of hydrogen-bond acceptors (Lipinski definition) is 12. The van der Waals surface area contributed by atoms with E-state index in [9.17, 15) is 9.59 Å². The zero-order valence-electron chi connectivity index (χ0n) is 42.1. The van der Waals surface area contributed by atoms with Crippen LogP contribution in [-0.4, -0.2) is 140 Å². The van der Waals surface area contributed by atoms with Gasteiger partial charge in [0, 0.05) is 99.4 Å². The Labute approximate surface area is 442 Å². The summed E-state index contributed by atoms with van der Waals surface area (Å²) in [7, 11) is 0. The number of nitrogens with one attached hydrogen (secondary N) is 2. The number of carbonyl (C=O) groups excluding carboxylic acids is 2. The number of fused-ring (bicyclic) bond motifs is 2. The summed E-state index contributed by atoms with van der Waals surface area (Å²) in [5.41, 5.74) is 6.77. The van der Waals surface area contributed by atoms with Gasteiger partial charge in [0.2, 0.25) is 11.8 Å². The van der Waals surface area contributed by atoms with E-state index in [2.05, 4.69) is 44.1 Å². The summed E-state index contributed by atoms with van der Waals surface area (Å²) in [5.74, 6) is 4.55. The van der Waals surface area contributed by atoms with Crippen LogP contribution >= 0.6 is 46.4 Å². The fourth-order valence-corrected chi connectivity index (χ4v) is 12.1. The van der Waals surface area contributed by atoms with Crippen molar-refractivity contribution >= 4 is 92.2 Å². The summed E-state index contributed by atoms with van der Waals surface area (Å²) < 4.78 is 3.84. The highest BCUT2D eigenvalue weighted by molar-refractivity contribution is 6.35. The summed E-state index contributed by atoms with van der Waals surface area (Å²) in [4.78, 5) is 51.4. The molecule has 2 aromatic carbocycles. The molecule has 4 aliphatic heterocycles. The van der Waals surface area contributed by atoms with Crippen LogP contribution in [0.1, 0.15) is 88.0 Å². The quantitative estimate of drug-likeness (QED) is 0.107. The number of aromatic nitrogens is 8. The maximum absolute atomic E-state index is 11.2. The van der Waals surface area contributed by atoms with Crippen molar-refractivity contribution in [1.82, 2.24) is 59.9 Å². The van der Waals surface area contributed by atoms with Gasteiger partial charge in [-0.3, -0.25) is 9.59 Å². The molecule has 0 spiro atoms. The van der Waals surface area contributed by atoms with E-state index in [0.29, 0.717) is 43.8 Å². The van der Waals surface area contributed by atoms with E-state index in [1.807, 2.05) is 59.9 Å². The molecule has 0 unspecified atom stereocenters. The van der Waals surface area contributed by atoms with Gasteiger partial charge in [0.05, 0.1) is 35.9 Å². The topological polar surface area (TPSA) is 158 Å². The maximum Gasteiger partial charge on any atom is 0.216 e. The SMILES string of the molecule is CC(=O)NCCN1CCC[C@@H](C2CN(c3cnc4c(C)nn([C@H](C)c5ccc(Cl)cc5Cl)c4n3)C2)C1.CC(=O)NCCN1CCC[C@H](C2CN(c3cnc4c(C)nn([C@H](C)c5ccc(Cl)cc5Cl)c4n3)C2)C1. The fraction of sp³-hybridized carbons (Fsp3) is 0.538. The third kappa shape index (κ3) is 11.7. The molecule has 4 saturated heterocycles. The fourth-order valence-electron chi connectivity index (χ4n) is 11.0. The van der Waals surface area contributed by atoms with Crippen molar-refractivity contribution in [1.29, 1.82) is 0 Å². The second-order valence-electron chi connectivity index (χ2n) is 20.2. The van der Waals surface area contributed by atoms with Crippen LogP contribution < -0.4 is 20.4 Å². The number of likely N-dealkylation sites (tertiary alicyclic amines) is 2. The third-order valence-electron chi connectivity index (χ3n) is 15.2. The molecule has 0 saturated carbocycles. The van der Waals surface area contributed by atoms with Crippen LogP contribution in [0.3, 0.4) is 0 Å². The lowest BCUT2D eigenvalue weighted by Crippen LogP contribution is -2.54. The van der Waals surface area contributed by atoms with E-state index < -0.39 is 0 Å². The molecular formula is C52H66Cl4N14O2. The minimum atomic E-state index is -0.106. The molecule has 0 bridgehead atoms. The van der Waals surface area contributed by atoms with Crippen molar-refractivity contribution in [3.8, 4) is 0 Å². The van der Waals surface area contributed by atoms with Crippen molar-refractivity contribution in [2.75, 3.05) is 88.3 Å². The first-order valence-corrected chi connectivity index (χ1v) is 26.9. The summed E-state index contributed by atoms with van der Waals surface area (Å²) in [6, 6.07) is 10.9. The molecule has 0 radical (unpaired) electrons. The van der Waals surface area contributed by atoms with E-state index in [1.54, 1.807) is 26.0 Å². The lowest BCUT2D eigenvalue weighted by atomic mass is 9.80. The van der Waals surface area contributed by atoms with Crippen LogP contribution in [0.15, 0.2) is 48.8 Å². The average molecular weight is 1060 g/mol. The van der Waals surface area contributed by atoms with E-state index in [-0.39, 0.29) is 23.9 Å². The number of benzene rings is 2. The molecule has 10 rings (SSSR count). The first-order chi connectivity index (χ1) is 34.6. The Hall–Kier alpha value is -4.84. The minimum absolute atomic E-state index is 0.0402. The first-order valence-electron chi connectivity index (χ1n) is 25.4. The van der Waals surface area contributed by atoms with Gasteiger partial charge in [-0.25, -0.2) is 29.3 Å². The van der Waals surface area contributed by atoms with Gasteiger partial charge in [-0.15, -0.1) is 0 Å². The first kappa shape index (κ1) is 52.0. The van der Waals surface area contributed by atoms with Crippen LogP contribution in [0.5, 0.6) is 0 Å². The summed E-state index contributed by atoms with van der Waals surface area (Å²) in [5, 5.41) is 17.8. The second-order valence-corrected chi connectivity index (χ2v) is 21.9. The van der Waals surface area contributed by atoms with Crippen molar-refractivity contribution in [2.45, 2.75) is 79.3 Å². The Morgan fingerprint density at radius 1 is 0.611 bits per heavy atom. The van der Waals surface area contributed by atoms with Gasteiger partial charge in [-0.2, -0.15) is 10.2 Å². The Bertz CT molecular complexity index is 2710.